The molecular weight excluding hydrogens is 430 g/mol. The number of aliphatic hydroxyl groups is 2. The Bertz CT molecular complexity index is 1250. The number of anilines is 2. The number of para-hydroxylation sites is 2. The maximum absolute atomic E-state index is 13.8. The van der Waals surface area contributed by atoms with Gasteiger partial charge in [-0.3, -0.25) is 9.59 Å². The molecule has 1 heterocycles. The van der Waals surface area contributed by atoms with Gasteiger partial charge in [0.1, 0.15) is 28.6 Å². The molecule has 168 valence electrons. The van der Waals surface area contributed by atoms with Crippen LogP contribution in [0.4, 0.5) is 20.2 Å². The number of carbonyl (C=O) groups is 2. The Labute approximate surface area is 188 Å². The number of Topliss-reactive ketones (excluding diaryl/α,β-unsaturated/α-hetero) is 2. The molecule has 1 unspecified atom stereocenters. The molecule has 0 spiro atoms. The van der Waals surface area contributed by atoms with Crippen LogP contribution in [0.3, 0.4) is 0 Å². The van der Waals surface area contributed by atoms with Gasteiger partial charge in [0.25, 0.3) is 0 Å². The fourth-order valence-corrected chi connectivity index (χ4v) is 3.52. The van der Waals surface area contributed by atoms with Crippen molar-refractivity contribution in [1.82, 2.24) is 0 Å². The highest BCUT2D eigenvalue weighted by Gasteiger charge is 2.31. The summed E-state index contributed by atoms with van der Waals surface area (Å²) in [5, 5.41) is 25.8. The first-order valence-electron chi connectivity index (χ1n) is 10.1. The topological polar surface area (TPSA) is 98.7 Å². The van der Waals surface area contributed by atoms with Crippen molar-refractivity contribution in [3.05, 3.63) is 106 Å². The van der Waals surface area contributed by atoms with Crippen LogP contribution in [-0.4, -0.2) is 28.4 Å². The molecule has 4 N–H and O–H groups in total. The number of rotatable bonds is 6. The summed E-state index contributed by atoms with van der Waals surface area (Å²) in [7, 11) is 0. The highest BCUT2D eigenvalue weighted by Crippen LogP contribution is 2.33. The van der Waals surface area contributed by atoms with Gasteiger partial charge >= 0.3 is 0 Å². The van der Waals surface area contributed by atoms with Gasteiger partial charge in [-0.05, 0) is 42.8 Å². The van der Waals surface area contributed by atoms with E-state index in [4.69, 9.17) is 0 Å². The average molecular weight is 450 g/mol. The number of aliphatic hydroxyl groups excluding tert-OH is 1. The normalized spacial score (nSPS) is 14.0. The first-order valence-corrected chi connectivity index (χ1v) is 10.1. The third-order valence-electron chi connectivity index (χ3n) is 5.33. The van der Waals surface area contributed by atoms with Crippen LogP contribution in [0.1, 0.15) is 33.2 Å². The van der Waals surface area contributed by atoms with Crippen LogP contribution in [0, 0.1) is 11.6 Å². The molecular formula is C25H20F2N2O4. The summed E-state index contributed by atoms with van der Waals surface area (Å²) in [5.74, 6) is -3.46. The highest BCUT2D eigenvalue weighted by molar-refractivity contribution is 6.32. The molecule has 1 aliphatic heterocycles. The number of halogens is 2. The highest BCUT2D eigenvalue weighted by atomic mass is 19.1. The molecule has 6 nitrogen and oxygen atoms in total. The monoisotopic (exact) mass is 450 g/mol. The summed E-state index contributed by atoms with van der Waals surface area (Å²) >= 11 is 0. The maximum Gasteiger partial charge on any atom is 0.200 e. The molecule has 0 amide bonds. The van der Waals surface area contributed by atoms with Crippen molar-refractivity contribution in [2.45, 2.75) is 12.5 Å². The van der Waals surface area contributed by atoms with E-state index in [0.717, 1.165) is 12.1 Å². The number of hydrogen-bond acceptors (Lipinski definition) is 6. The van der Waals surface area contributed by atoms with Gasteiger partial charge < -0.3 is 20.8 Å². The van der Waals surface area contributed by atoms with Crippen molar-refractivity contribution in [1.29, 1.82) is 0 Å². The van der Waals surface area contributed by atoms with E-state index in [1.807, 2.05) is 0 Å². The minimum absolute atomic E-state index is 0.0495. The van der Waals surface area contributed by atoms with Crippen molar-refractivity contribution in [2.75, 3.05) is 17.2 Å². The van der Waals surface area contributed by atoms with Gasteiger partial charge in [0.05, 0.1) is 18.0 Å². The zero-order valence-corrected chi connectivity index (χ0v) is 17.5. The molecule has 4 rings (SSSR count). The third kappa shape index (κ3) is 4.39. The molecule has 0 bridgehead atoms. The number of benzene rings is 3. The lowest BCUT2D eigenvalue weighted by Gasteiger charge is -2.21. The van der Waals surface area contributed by atoms with Gasteiger partial charge in [-0.2, -0.15) is 0 Å². The van der Waals surface area contributed by atoms with Crippen molar-refractivity contribution in [3.63, 3.8) is 0 Å². The average Bonchev–Trinajstić information content (AvgIpc) is 3.22. The smallest absolute Gasteiger partial charge is 0.200 e. The standard InChI is InChI=1S/C25H20F2N2O4/c1-25(33,13-30)16-6-4-5-14(9-16)22(31)21(23(32)15-10-17(26)12-18(27)11-15)24-28-19-7-2-3-8-20(19)29-24/h2-12,28-30,33H,13H2,1H3. The van der Waals surface area contributed by atoms with Crippen molar-refractivity contribution in [2.24, 2.45) is 0 Å². The lowest BCUT2D eigenvalue weighted by molar-refractivity contribution is -0.00231. The molecule has 0 radical (unpaired) electrons. The Morgan fingerprint density at radius 2 is 1.42 bits per heavy atom. The minimum atomic E-state index is -1.61. The summed E-state index contributed by atoms with van der Waals surface area (Å²) in [5.41, 5.74) is -0.757. The van der Waals surface area contributed by atoms with Crippen LogP contribution < -0.4 is 10.6 Å². The second kappa shape index (κ2) is 8.57. The summed E-state index contributed by atoms with van der Waals surface area (Å²) < 4.78 is 27.6. The Balaban J connectivity index is 1.84. The van der Waals surface area contributed by atoms with Crippen LogP contribution in [0.15, 0.2) is 78.1 Å². The maximum atomic E-state index is 13.8. The Morgan fingerprint density at radius 1 is 0.848 bits per heavy atom. The van der Waals surface area contributed by atoms with Gasteiger partial charge in [0.15, 0.2) is 0 Å². The Hall–Kier alpha value is -3.88. The minimum Gasteiger partial charge on any atom is -0.393 e. The molecule has 33 heavy (non-hydrogen) atoms. The van der Waals surface area contributed by atoms with Gasteiger partial charge in [-0.25, -0.2) is 8.78 Å². The van der Waals surface area contributed by atoms with E-state index < -0.39 is 35.4 Å². The predicted molar refractivity (Wildman–Crippen MR) is 119 cm³/mol. The fraction of sp³-hybridized carbons (Fsp3) is 0.120. The molecule has 0 saturated heterocycles. The first-order chi connectivity index (χ1) is 15.7. The zero-order chi connectivity index (χ0) is 23.8. The molecule has 8 heteroatoms. The number of allylic oxidation sites excluding steroid dienone is 1. The van der Waals surface area contributed by atoms with E-state index in [9.17, 15) is 28.6 Å². The number of hydrogen-bond donors (Lipinski definition) is 4. The molecule has 0 aromatic heterocycles. The molecule has 0 saturated carbocycles. The van der Waals surface area contributed by atoms with E-state index in [1.165, 1.54) is 31.2 Å². The Kier molecular flexibility index (Phi) is 5.80. The van der Waals surface area contributed by atoms with Gasteiger partial charge in [-0.15, -0.1) is 0 Å². The Morgan fingerprint density at radius 3 is 2.00 bits per heavy atom. The van der Waals surface area contributed by atoms with Gasteiger partial charge in [0, 0.05) is 17.2 Å². The van der Waals surface area contributed by atoms with E-state index in [2.05, 4.69) is 10.6 Å². The van der Waals surface area contributed by atoms with Gasteiger partial charge in [-0.1, -0.05) is 30.3 Å². The van der Waals surface area contributed by atoms with Crippen molar-refractivity contribution >= 4 is 22.9 Å². The number of ketones is 2. The number of fused-ring (bicyclic) bond motifs is 1. The lowest BCUT2D eigenvalue weighted by Crippen LogP contribution is -2.26. The second-order valence-corrected chi connectivity index (χ2v) is 7.87. The number of carbonyl (C=O) groups excluding carboxylic acids is 2. The summed E-state index contributed by atoms with van der Waals surface area (Å²) in [6, 6.07) is 15.2. The molecule has 3 aromatic rings. The van der Waals surface area contributed by atoms with Crippen LogP contribution in [0.25, 0.3) is 0 Å². The van der Waals surface area contributed by atoms with E-state index >= 15 is 0 Å². The van der Waals surface area contributed by atoms with Crippen LogP contribution in [0.2, 0.25) is 0 Å². The zero-order valence-electron chi connectivity index (χ0n) is 17.5. The molecule has 3 aromatic carbocycles. The molecule has 1 atom stereocenters. The number of nitrogens with one attached hydrogen (secondary N) is 2. The van der Waals surface area contributed by atoms with Crippen molar-refractivity contribution < 1.29 is 28.6 Å². The SMILES string of the molecule is CC(O)(CO)c1cccc(C(=O)C(C(=O)c2cc(F)cc(F)c2)=C2Nc3ccccc3N2)c1. The van der Waals surface area contributed by atoms with Crippen molar-refractivity contribution in [3.8, 4) is 0 Å². The summed E-state index contributed by atoms with van der Waals surface area (Å²) in [6.45, 7) is 0.797. The fourth-order valence-electron chi connectivity index (χ4n) is 3.52. The summed E-state index contributed by atoms with van der Waals surface area (Å²) in [4.78, 5) is 26.9. The molecule has 0 aliphatic carbocycles. The van der Waals surface area contributed by atoms with E-state index in [1.54, 1.807) is 24.3 Å². The lowest BCUT2D eigenvalue weighted by atomic mass is 9.91. The van der Waals surface area contributed by atoms with Gasteiger partial charge in [0.2, 0.25) is 11.6 Å². The van der Waals surface area contributed by atoms with Crippen LogP contribution >= 0.6 is 0 Å². The quantitative estimate of drug-likeness (QED) is 0.196. The third-order valence-corrected chi connectivity index (χ3v) is 5.33. The summed E-state index contributed by atoms with van der Waals surface area (Å²) in [6.07, 6.45) is 0. The predicted octanol–water partition coefficient (Wildman–Crippen LogP) is 3.98. The van der Waals surface area contributed by atoms with E-state index in [-0.39, 0.29) is 28.1 Å². The van der Waals surface area contributed by atoms with Crippen LogP contribution in [-0.2, 0) is 5.60 Å². The largest absolute Gasteiger partial charge is 0.393 e. The second-order valence-electron chi connectivity index (χ2n) is 7.87. The van der Waals surface area contributed by atoms with E-state index in [0.29, 0.717) is 17.4 Å². The molecule has 1 aliphatic rings. The van der Waals surface area contributed by atoms with Crippen LogP contribution in [0.5, 0.6) is 0 Å². The first kappa shape index (κ1) is 22.3. The molecule has 0 fully saturated rings.